The third-order valence-corrected chi connectivity index (χ3v) is 13.1. The van der Waals surface area contributed by atoms with Crippen LogP contribution in [0.1, 0.15) is 37.8 Å². The van der Waals surface area contributed by atoms with Crippen LogP contribution in [0, 0.1) is 0 Å². The average Bonchev–Trinajstić information content (AvgIpc) is 3.76. The minimum Gasteiger partial charge on any atom is -0.278 e. The van der Waals surface area contributed by atoms with E-state index >= 15 is 0 Å². The SMILES string of the molecule is CC1(C)C2=C(CCC=C2)c2ccc(-c3cccc(-c4ccc5c6ccccc6n(-c6nc(-c7ccc(-c8cccc9ccccc89)cc7)c7ccccc7n6)c5c4)c3)cc21. The average molecular weight is 768 g/mol. The quantitative estimate of drug-likeness (QED) is 0.175. The maximum absolute atomic E-state index is 5.43. The molecule has 8 aromatic carbocycles. The van der Waals surface area contributed by atoms with Crippen molar-refractivity contribution in [1.29, 1.82) is 0 Å². The van der Waals surface area contributed by atoms with Crippen LogP contribution in [0.3, 0.4) is 0 Å². The van der Waals surface area contributed by atoms with Crippen LogP contribution in [0.4, 0.5) is 0 Å². The van der Waals surface area contributed by atoms with Crippen molar-refractivity contribution < 1.29 is 0 Å². The maximum Gasteiger partial charge on any atom is 0.235 e. The third kappa shape index (κ3) is 5.36. The fourth-order valence-electron chi connectivity index (χ4n) is 10.1. The molecule has 0 aliphatic heterocycles. The summed E-state index contributed by atoms with van der Waals surface area (Å²) < 4.78 is 2.25. The van der Waals surface area contributed by atoms with Crippen molar-refractivity contribution in [3.05, 3.63) is 205 Å². The molecule has 3 heteroatoms. The molecule has 2 heterocycles. The van der Waals surface area contributed by atoms with E-state index in [0.717, 1.165) is 51.6 Å². The fourth-order valence-corrected chi connectivity index (χ4v) is 10.1. The smallest absolute Gasteiger partial charge is 0.235 e. The molecule has 0 N–H and O–H groups in total. The first kappa shape index (κ1) is 34.7. The summed E-state index contributed by atoms with van der Waals surface area (Å²) in [6, 6.07) is 63.9. The molecule has 0 radical (unpaired) electrons. The maximum atomic E-state index is 5.43. The van der Waals surface area contributed by atoms with Crippen LogP contribution < -0.4 is 0 Å². The van der Waals surface area contributed by atoms with Gasteiger partial charge in [0.1, 0.15) is 0 Å². The Balaban J connectivity index is 0.974. The molecule has 0 atom stereocenters. The Labute approximate surface area is 349 Å². The molecule has 0 bridgehead atoms. The highest BCUT2D eigenvalue weighted by Crippen LogP contribution is 2.51. The van der Waals surface area contributed by atoms with E-state index in [1.54, 1.807) is 0 Å². The summed E-state index contributed by atoms with van der Waals surface area (Å²) in [6.07, 6.45) is 6.95. The molecule has 0 spiro atoms. The molecule has 2 aliphatic rings. The van der Waals surface area contributed by atoms with Crippen LogP contribution in [0.15, 0.2) is 194 Å². The molecule has 0 amide bonds. The Morgan fingerprint density at radius 1 is 0.483 bits per heavy atom. The van der Waals surface area contributed by atoms with Crippen LogP contribution in [-0.2, 0) is 5.41 Å². The predicted molar refractivity (Wildman–Crippen MR) is 251 cm³/mol. The first-order valence-electron chi connectivity index (χ1n) is 21.0. The molecular weight excluding hydrogens is 727 g/mol. The van der Waals surface area contributed by atoms with Gasteiger partial charge in [0.2, 0.25) is 5.95 Å². The van der Waals surface area contributed by atoms with E-state index in [0.29, 0.717) is 5.95 Å². The van der Waals surface area contributed by atoms with Gasteiger partial charge >= 0.3 is 0 Å². The molecule has 3 nitrogen and oxygen atoms in total. The molecule has 0 saturated carbocycles. The van der Waals surface area contributed by atoms with E-state index in [2.05, 4.69) is 206 Å². The second-order valence-electron chi connectivity index (χ2n) is 16.9. The van der Waals surface area contributed by atoms with Crippen LogP contribution in [0.25, 0.3) is 99.6 Å². The number of aromatic nitrogens is 3. The van der Waals surface area contributed by atoms with Crippen molar-refractivity contribution in [3.63, 3.8) is 0 Å². The minimum atomic E-state index is -0.000690. The van der Waals surface area contributed by atoms with E-state index in [1.165, 1.54) is 71.6 Å². The van der Waals surface area contributed by atoms with Crippen molar-refractivity contribution >= 4 is 49.1 Å². The summed E-state index contributed by atoms with van der Waals surface area (Å²) in [4.78, 5) is 10.7. The number of nitrogens with zero attached hydrogens (tertiary/aromatic N) is 3. The zero-order valence-corrected chi connectivity index (χ0v) is 33.7. The van der Waals surface area contributed by atoms with Crippen LogP contribution in [-0.4, -0.2) is 14.5 Å². The Morgan fingerprint density at radius 2 is 1.13 bits per heavy atom. The van der Waals surface area contributed by atoms with Crippen LogP contribution >= 0.6 is 0 Å². The molecule has 60 heavy (non-hydrogen) atoms. The van der Waals surface area contributed by atoms with E-state index in [4.69, 9.17) is 9.97 Å². The van der Waals surface area contributed by atoms with Crippen molar-refractivity contribution in [2.45, 2.75) is 32.1 Å². The zero-order chi connectivity index (χ0) is 40.0. The largest absolute Gasteiger partial charge is 0.278 e. The highest BCUT2D eigenvalue weighted by Gasteiger charge is 2.37. The lowest BCUT2D eigenvalue weighted by atomic mass is 9.79. The van der Waals surface area contributed by atoms with Crippen molar-refractivity contribution in [1.82, 2.24) is 14.5 Å². The van der Waals surface area contributed by atoms with E-state index < -0.39 is 0 Å². The highest BCUT2D eigenvalue weighted by atomic mass is 15.2. The van der Waals surface area contributed by atoms with E-state index in [9.17, 15) is 0 Å². The first-order valence-corrected chi connectivity index (χ1v) is 21.0. The lowest BCUT2D eigenvalue weighted by Crippen LogP contribution is -2.16. The van der Waals surface area contributed by atoms with Gasteiger partial charge in [-0.25, -0.2) is 9.97 Å². The van der Waals surface area contributed by atoms with Gasteiger partial charge in [-0.15, -0.1) is 0 Å². The standard InChI is InChI=1S/C57H41N3/c1-57(2)50-22-8-5-18-45(50)46-31-29-41(34-51(46)57)39-15-11-16-40(33-39)42-30-32-48-47-19-7-10-24-53(47)60(54(48)35-42)56-58-52-23-9-6-20-49(52)55(59-56)38-27-25-37(26-28-38)44-21-12-14-36-13-3-4-17-43(36)44/h3-4,6-17,19-35H,5,18H2,1-2H3. The fraction of sp³-hybridized carbons (Fsp3) is 0.0877. The van der Waals surface area contributed by atoms with Crippen LogP contribution in [0.2, 0.25) is 0 Å². The Bertz CT molecular complexity index is 3440. The molecule has 10 aromatic rings. The van der Waals surface area contributed by atoms with Crippen LogP contribution in [0.5, 0.6) is 0 Å². The van der Waals surface area contributed by atoms with Gasteiger partial charge in [-0.05, 0) is 110 Å². The number of allylic oxidation sites excluding steroid dienone is 4. The number of para-hydroxylation sites is 2. The Kier molecular flexibility index (Phi) is 7.71. The molecule has 0 fully saturated rings. The highest BCUT2D eigenvalue weighted by molar-refractivity contribution is 6.10. The van der Waals surface area contributed by atoms with E-state index in [1.807, 2.05) is 0 Å². The van der Waals surface area contributed by atoms with Gasteiger partial charge in [0.25, 0.3) is 0 Å². The number of rotatable bonds is 5. The summed E-state index contributed by atoms with van der Waals surface area (Å²) in [6.45, 7) is 4.76. The molecule has 2 aliphatic carbocycles. The lowest BCUT2D eigenvalue weighted by molar-refractivity contribution is 0.651. The van der Waals surface area contributed by atoms with Crippen molar-refractivity contribution in [2.24, 2.45) is 0 Å². The number of hydrogen-bond acceptors (Lipinski definition) is 2. The molecular formula is C57H41N3. The van der Waals surface area contributed by atoms with Gasteiger partial charge in [0.05, 0.1) is 22.2 Å². The number of fused-ring (bicyclic) bond motifs is 7. The summed E-state index contributed by atoms with van der Waals surface area (Å²) >= 11 is 0. The van der Waals surface area contributed by atoms with Crippen molar-refractivity contribution in [3.8, 4) is 50.6 Å². The van der Waals surface area contributed by atoms with E-state index in [-0.39, 0.29) is 5.41 Å². The molecule has 12 rings (SSSR count). The predicted octanol–water partition coefficient (Wildman–Crippen LogP) is 14.9. The molecule has 2 aromatic heterocycles. The van der Waals surface area contributed by atoms with Gasteiger partial charge < -0.3 is 0 Å². The normalized spacial score (nSPS) is 14.4. The summed E-state index contributed by atoms with van der Waals surface area (Å²) in [5, 5.41) is 5.87. The first-order chi connectivity index (χ1) is 29.5. The summed E-state index contributed by atoms with van der Waals surface area (Å²) in [5.41, 5.74) is 18.1. The number of benzene rings is 8. The monoisotopic (exact) mass is 767 g/mol. The second kappa shape index (κ2) is 13.3. The lowest BCUT2D eigenvalue weighted by Gasteiger charge is -2.24. The Morgan fingerprint density at radius 3 is 2.00 bits per heavy atom. The Hall–Kier alpha value is -7.36. The van der Waals surface area contributed by atoms with Gasteiger partial charge in [0, 0.05) is 27.1 Å². The molecule has 0 saturated heterocycles. The van der Waals surface area contributed by atoms with Gasteiger partial charge in [-0.3, -0.25) is 4.57 Å². The van der Waals surface area contributed by atoms with Gasteiger partial charge in [-0.1, -0.05) is 172 Å². The molecule has 284 valence electrons. The van der Waals surface area contributed by atoms with Gasteiger partial charge in [-0.2, -0.15) is 0 Å². The zero-order valence-electron chi connectivity index (χ0n) is 33.7. The topological polar surface area (TPSA) is 30.7 Å². The number of hydrogen-bond donors (Lipinski definition) is 0. The molecule has 0 unspecified atom stereocenters. The minimum absolute atomic E-state index is 0.000690. The summed E-state index contributed by atoms with van der Waals surface area (Å²) in [5.74, 6) is 0.658. The van der Waals surface area contributed by atoms with Crippen molar-refractivity contribution in [2.75, 3.05) is 0 Å². The summed E-state index contributed by atoms with van der Waals surface area (Å²) in [7, 11) is 0. The van der Waals surface area contributed by atoms with Gasteiger partial charge in [0.15, 0.2) is 0 Å². The second-order valence-corrected chi connectivity index (χ2v) is 16.9. The third-order valence-electron chi connectivity index (χ3n) is 13.1.